The van der Waals surface area contributed by atoms with Crippen molar-refractivity contribution < 1.29 is 29.5 Å². The molecule has 12 saturated carbocycles. The highest BCUT2D eigenvalue weighted by atomic mass is 35.5. The standard InChI is InChI=1S/2C25H29N5O3.C16H19ClN4O2.C9H11NO/c2*1-14-5-20-17(3-4-33-20)7-18(14)27-22-26-12-19-21(28-22)30(23(31)29(19)2)24-8-15-6-16(9-24)11-25(32,10-15)13-24;1-20-11-7-18-13(17)19-12(11)21(14(20)22)15-3-9-2-10(4-15)6-16(23,5-9)8-15;1-6-4-9-7(2-3-11-9)5-8(6)10/h2*5,7,12,15-16,32H,3-4,6,8-11,13H2,1-2H3,(H,26,27,28);7,9-10,23H,2-6,8H2,1H3;4-5H,2-3,10H2,1H3. The quantitative estimate of drug-likeness (QED) is 0.0639. The van der Waals surface area contributed by atoms with Crippen molar-refractivity contribution in [3.05, 3.63) is 125 Å². The maximum Gasteiger partial charge on any atom is 0.330 e. The van der Waals surface area contributed by atoms with Gasteiger partial charge in [-0.3, -0.25) is 27.4 Å². The average molecular weight is 1380 g/mol. The van der Waals surface area contributed by atoms with Crippen LogP contribution in [0.2, 0.25) is 5.28 Å². The molecule has 100 heavy (non-hydrogen) atoms. The van der Waals surface area contributed by atoms with Gasteiger partial charge in [-0.15, -0.1) is 0 Å². The van der Waals surface area contributed by atoms with E-state index in [2.05, 4.69) is 54.8 Å². The first-order valence-corrected chi connectivity index (χ1v) is 36.5. The summed E-state index contributed by atoms with van der Waals surface area (Å²) in [6.45, 7) is 8.31. The number of imidazole rings is 3. The molecule has 0 amide bonds. The number of aromatic nitrogens is 12. The summed E-state index contributed by atoms with van der Waals surface area (Å²) in [5.41, 5.74) is 16.3. The van der Waals surface area contributed by atoms with Gasteiger partial charge in [0.1, 0.15) is 33.8 Å². The van der Waals surface area contributed by atoms with E-state index in [-0.39, 0.29) is 39.0 Å². The Morgan fingerprint density at radius 1 is 0.460 bits per heavy atom. The Hall–Kier alpha value is -8.32. The third-order valence-electron chi connectivity index (χ3n) is 25.4. The van der Waals surface area contributed by atoms with Gasteiger partial charge in [0.05, 0.1) is 71.8 Å². The summed E-state index contributed by atoms with van der Waals surface area (Å²) in [4.78, 5) is 67.1. The van der Waals surface area contributed by atoms with Gasteiger partial charge in [-0.05, 0) is 253 Å². The summed E-state index contributed by atoms with van der Waals surface area (Å²) >= 11 is 5.99. The molecule has 15 aliphatic rings. The molecule has 524 valence electrons. The second-order valence-corrected chi connectivity index (χ2v) is 33.2. The van der Waals surface area contributed by atoms with Crippen LogP contribution in [0.25, 0.3) is 33.5 Å². The van der Waals surface area contributed by atoms with Crippen molar-refractivity contribution in [2.45, 2.75) is 189 Å². The first kappa shape index (κ1) is 63.8. The zero-order valence-corrected chi connectivity index (χ0v) is 58.5. The van der Waals surface area contributed by atoms with E-state index in [1.54, 1.807) is 53.4 Å². The smallest absolute Gasteiger partial charge is 0.330 e. The van der Waals surface area contributed by atoms with Gasteiger partial charge in [0, 0.05) is 57.5 Å². The van der Waals surface area contributed by atoms with Crippen LogP contribution in [-0.2, 0) is 57.0 Å². The number of hydrogen-bond acceptors (Lipinski definition) is 18. The second-order valence-electron chi connectivity index (χ2n) is 32.8. The fourth-order valence-electron chi connectivity index (χ4n) is 22.5. The lowest BCUT2D eigenvalue weighted by atomic mass is 9.51. The van der Waals surface area contributed by atoms with Crippen LogP contribution in [0.1, 0.15) is 149 Å². The van der Waals surface area contributed by atoms with Crippen LogP contribution in [-0.4, -0.2) is 109 Å². The highest BCUT2D eigenvalue weighted by Gasteiger charge is 2.62. The Kier molecular flexibility index (Phi) is 14.4. The van der Waals surface area contributed by atoms with E-state index in [0.717, 1.165) is 165 Å². The lowest BCUT2D eigenvalue weighted by Gasteiger charge is -2.60. The summed E-state index contributed by atoms with van der Waals surface area (Å²) in [5, 5.41) is 40.4. The molecule has 0 radical (unpaired) electrons. The molecule has 12 aliphatic carbocycles. The molecule has 3 aliphatic heterocycles. The Balaban J connectivity index is 0.000000102. The van der Waals surface area contributed by atoms with Crippen molar-refractivity contribution in [3.8, 4) is 17.2 Å². The highest BCUT2D eigenvalue weighted by molar-refractivity contribution is 6.28. The summed E-state index contributed by atoms with van der Waals surface area (Å²) in [6, 6.07) is 12.3. The molecule has 7 N–H and O–H groups in total. The molecule has 0 spiro atoms. The van der Waals surface area contributed by atoms with E-state index < -0.39 is 16.8 Å². The number of aryl methyl sites for hydroxylation is 6. The first-order chi connectivity index (χ1) is 47.8. The molecular formula is C75H88ClN15O9. The minimum atomic E-state index is -0.649. The largest absolute Gasteiger partial charge is 0.493 e. The van der Waals surface area contributed by atoms with Gasteiger partial charge in [0.2, 0.25) is 17.2 Å². The lowest BCUT2D eigenvalue weighted by molar-refractivity contribution is -0.156. The molecule has 12 fully saturated rings. The van der Waals surface area contributed by atoms with Gasteiger partial charge in [0.25, 0.3) is 0 Å². The van der Waals surface area contributed by atoms with E-state index in [4.69, 9.17) is 41.5 Å². The number of nitrogens with zero attached hydrogens (tertiary/aromatic N) is 12. The summed E-state index contributed by atoms with van der Waals surface area (Å²) in [5.74, 6) is 6.79. The number of fused-ring (bicyclic) bond motifs is 6. The summed E-state index contributed by atoms with van der Waals surface area (Å²) in [6.07, 6.45) is 24.3. The molecule has 0 saturated heterocycles. The van der Waals surface area contributed by atoms with Crippen LogP contribution in [0.15, 0.2) is 69.4 Å². The predicted molar refractivity (Wildman–Crippen MR) is 378 cm³/mol. The number of nitrogen functional groups attached to an aromatic ring is 1. The van der Waals surface area contributed by atoms with Crippen LogP contribution < -0.4 is 47.6 Å². The number of nitrogens with two attached hydrogens (primary N) is 1. The minimum Gasteiger partial charge on any atom is -0.493 e. The summed E-state index contributed by atoms with van der Waals surface area (Å²) in [7, 11) is 5.32. The molecule has 6 unspecified atom stereocenters. The number of nitrogens with one attached hydrogen (secondary N) is 2. The zero-order chi connectivity index (χ0) is 68.9. The van der Waals surface area contributed by atoms with Gasteiger partial charge in [-0.25, -0.2) is 29.3 Å². The molecule has 12 bridgehead atoms. The van der Waals surface area contributed by atoms with Crippen molar-refractivity contribution >= 4 is 74.1 Å². The molecule has 24 rings (SSSR count). The Labute approximate surface area is 582 Å². The Morgan fingerprint density at radius 2 is 0.780 bits per heavy atom. The number of halogens is 1. The topological polar surface area (TPSA) is 297 Å². The lowest BCUT2D eigenvalue weighted by Crippen LogP contribution is -2.61. The van der Waals surface area contributed by atoms with Gasteiger partial charge in [0.15, 0.2) is 16.9 Å². The first-order valence-electron chi connectivity index (χ1n) is 36.1. The van der Waals surface area contributed by atoms with Crippen LogP contribution in [0, 0.1) is 56.3 Å². The van der Waals surface area contributed by atoms with Gasteiger partial charge in [-0.2, -0.15) is 15.0 Å². The zero-order valence-electron chi connectivity index (χ0n) is 57.7. The fraction of sp³-hybridized carbons (Fsp3) is 0.560. The molecule has 24 nitrogen and oxygen atoms in total. The van der Waals surface area contributed by atoms with Crippen molar-refractivity contribution in [3.63, 3.8) is 0 Å². The molecule has 3 aromatic carbocycles. The molecular weight excluding hydrogens is 1290 g/mol. The van der Waals surface area contributed by atoms with E-state index in [9.17, 15) is 29.7 Å². The second kappa shape index (κ2) is 22.6. The van der Waals surface area contributed by atoms with Crippen LogP contribution >= 0.6 is 11.6 Å². The van der Waals surface area contributed by atoms with Crippen molar-refractivity contribution in [2.24, 2.45) is 56.7 Å². The number of aliphatic hydroxyl groups is 3. The van der Waals surface area contributed by atoms with Gasteiger partial charge >= 0.3 is 17.1 Å². The van der Waals surface area contributed by atoms with E-state index in [1.165, 1.54) is 36.0 Å². The molecule has 6 aromatic heterocycles. The predicted octanol–water partition coefficient (Wildman–Crippen LogP) is 9.65. The normalized spacial score (nSPS) is 31.4. The molecule has 9 aromatic rings. The van der Waals surface area contributed by atoms with Crippen molar-refractivity contribution in [2.75, 3.05) is 36.2 Å². The monoisotopic (exact) mass is 1380 g/mol. The highest BCUT2D eigenvalue weighted by Crippen LogP contribution is 2.63. The minimum absolute atomic E-state index is 0.0622. The van der Waals surface area contributed by atoms with Crippen LogP contribution in [0.3, 0.4) is 0 Å². The van der Waals surface area contributed by atoms with Crippen LogP contribution in [0.5, 0.6) is 17.2 Å². The number of benzene rings is 3. The van der Waals surface area contributed by atoms with Crippen LogP contribution in [0.4, 0.5) is 29.0 Å². The SMILES string of the molecule is Cc1cc2c(cc1N)CCO2.Cc1cc2c(cc1Nc1ncc3c(n1)n(C14CC5CC(CC(O)(C5)C1)C4)c(=O)n3C)CCO2.Cc1cc2c(cc1Nc1ncc3c(n1)n(C14CC5CC(CC(O)(C5)C1)C4)c(=O)n3C)CCO2.Cn1c(=O)n(C23CC4CC(CC(O)(C4)C2)C3)c2nc(Cl)ncc21. The van der Waals surface area contributed by atoms with E-state index in [1.807, 2.05) is 46.6 Å². The molecule has 25 heteroatoms. The maximum atomic E-state index is 13.5. The third kappa shape index (κ3) is 10.4. The number of ether oxygens (including phenoxy) is 3. The average Bonchev–Trinajstić information content (AvgIpc) is 1.19. The molecule has 9 heterocycles. The third-order valence-corrected chi connectivity index (χ3v) is 25.6. The fourth-order valence-corrected chi connectivity index (χ4v) is 22.6. The Bertz CT molecular complexity index is 4820. The summed E-state index contributed by atoms with van der Waals surface area (Å²) < 4.78 is 27.3. The number of hydrogen-bond donors (Lipinski definition) is 6. The molecule has 6 atom stereocenters. The van der Waals surface area contributed by atoms with E-state index >= 15 is 0 Å². The number of rotatable bonds is 7. The van der Waals surface area contributed by atoms with Crippen molar-refractivity contribution in [1.82, 2.24) is 57.3 Å². The van der Waals surface area contributed by atoms with Gasteiger partial charge < -0.3 is 45.9 Å². The van der Waals surface area contributed by atoms with E-state index in [0.29, 0.717) is 102 Å². The number of anilines is 5. The maximum absolute atomic E-state index is 13.5. The van der Waals surface area contributed by atoms with Gasteiger partial charge in [-0.1, -0.05) is 0 Å². The Morgan fingerprint density at radius 3 is 1.13 bits per heavy atom. The van der Waals surface area contributed by atoms with Crippen molar-refractivity contribution in [1.29, 1.82) is 0 Å².